The molecule has 1 saturated heterocycles. The van der Waals surface area contributed by atoms with E-state index >= 15 is 0 Å². The summed E-state index contributed by atoms with van der Waals surface area (Å²) < 4.78 is 37.8. The van der Waals surface area contributed by atoms with Crippen molar-refractivity contribution in [3.63, 3.8) is 0 Å². The number of hydrogen-bond donors (Lipinski definition) is 1. The van der Waals surface area contributed by atoms with Crippen LogP contribution in [0, 0.1) is 5.92 Å². The molecule has 0 radical (unpaired) electrons. The van der Waals surface area contributed by atoms with E-state index in [-0.39, 0.29) is 29.3 Å². The molecule has 0 saturated carbocycles. The van der Waals surface area contributed by atoms with E-state index in [1.54, 1.807) is 12.1 Å². The molecule has 1 fully saturated rings. The highest BCUT2D eigenvalue weighted by Crippen LogP contribution is 2.32. The third-order valence-electron chi connectivity index (χ3n) is 4.15. The second-order valence-electron chi connectivity index (χ2n) is 5.64. The van der Waals surface area contributed by atoms with Crippen molar-refractivity contribution in [2.45, 2.75) is 30.7 Å². The largest absolute Gasteiger partial charge is 0.497 e. The molecule has 1 aromatic rings. The molecule has 1 heterocycles. The summed E-state index contributed by atoms with van der Waals surface area (Å²) in [7, 11) is -0.666. The van der Waals surface area contributed by atoms with Crippen molar-refractivity contribution in [3.8, 4) is 11.5 Å². The average Bonchev–Trinajstić information content (AvgIpc) is 2.54. The van der Waals surface area contributed by atoms with Crippen molar-refractivity contribution in [2.24, 2.45) is 11.7 Å². The zero-order chi connectivity index (χ0) is 16.3. The normalized spacial score (nSPS) is 20.4. The lowest BCUT2D eigenvalue weighted by molar-refractivity contribution is 0.242. The van der Waals surface area contributed by atoms with Gasteiger partial charge in [-0.1, -0.05) is 0 Å². The number of benzene rings is 1. The quantitative estimate of drug-likeness (QED) is 0.862. The van der Waals surface area contributed by atoms with E-state index in [2.05, 4.69) is 0 Å². The zero-order valence-corrected chi connectivity index (χ0v) is 15.3. The fraction of sp³-hybridized carbons (Fsp3) is 0.600. The van der Waals surface area contributed by atoms with Gasteiger partial charge in [-0.2, -0.15) is 4.31 Å². The highest BCUT2D eigenvalue weighted by Gasteiger charge is 2.33. The highest BCUT2D eigenvalue weighted by molar-refractivity contribution is 7.89. The molecule has 23 heavy (non-hydrogen) atoms. The van der Waals surface area contributed by atoms with Gasteiger partial charge in [0.2, 0.25) is 10.0 Å². The van der Waals surface area contributed by atoms with Crippen LogP contribution in [-0.2, 0) is 10.0 Å². The van der Waals surface area contributed by atoms with Gasteiger partial charge in [-0.05, 0) is 37.8 Å². The number of sulfonamides is 1. The predicted octanol–water partition coefficient (Wildman–Crippen LogP) is 1.87. The Balaban J connectivity index is 0.00000264. The number of rotatable bonds is 5. The van der Waals surface area contributed by atoms with Gasteiger partial charge in [0.05, 0.1) is 14.2 Å². The van der Waals surface area contributed by atoms with Crippen LogP contribution < -0.4 is 15.2 Å². The summed E-state index contributed by atoms with van der Waals surface area (Å²) in [6, 6.07) is 4.77. The molecule has 1 aliphatic heterocycles. The van der Waals surface area contributed by atoms with E-state index in [0.29, 0.717) is 24.6 Å². The highest BCUT2D eigenvalue weighted by atomic mass is 35.5. The summed E-state index contributed by atoms with van der Waals surface area (Å²) in [6.45, 7) is 2.87. The van der Waals surface area contributed by atoms with Gasteiger partial charge in [-0.25, -0.2) is 8.42 Å². The maximum absolute atomic E-state index is 13.0. The van der Waals surface area contributed by atoms with Crippen LogP contribution in [0.15, 0.2) is 23.1 Å². The summed E-state index contributed by atoms with van der Waals surface area (Å²) in [5.74, 6) is 0.990. The van der Waals surface area contributed by atoms with E-state index in [1.807, 2.05) is 6.92 Å². The second-order valence-corrected chi connectivity index (χ2v) is 7.55. The molecule has 0 spiro atoms. The first kappa shape index (κ1) is 20.0. The zero-order valence-electron chi connectivity index (χ0n) is 13.7. The molecule has 1 aromatic carbocycles. The molecule has 1 aliphatic rings. The summed E-state index contributed by atoms with van der Waals surface area (Å²) >= 11 is 0. The van der Waals surface area contributed by atoms with Crippen molar-refractivity contribution < 1.29 is 17.9 Å². The molecule has 6 nitrogen and oxygen atoms in total. The number of methoxy groups -OCH3 is 2. The smallest absolute Gasteiger partial charge is 0.246 e. The van der Waals surface area contributed by atoms with Gasteiger partial charge in [0, 0.05) is 25.2 Å². The molecule has 2 N–H and O–H groups in total. The molecule has 2 rings (SSSR count). The van der Waals surface area contributed by atoms with E-state index in [4.69, 9.17) is 15.2 Å². The minimum atomic E-state index is -3.63. The molecule has 0 aromatic heterocycles. The van der Waals surface area contributed by atoms with Crippen LogP contribution in [0.2, 0.25) is 0 Å². The number of hydrogen-bond acceptors (Lipinski definition) is 5. The third kappa shape index (κ3) is 4.29. The van der Waals surface area contributed by atoms with Gasteiger partial charge in [-0.3, -0.25) is 0 Å². The van der Waals surface area contributed by atoms with Crippen LogP contribution in [0.4, 0.5) is 0 Å². The molecular formula is C15H25ClN2O4S. The van der Waals surface area contributed by atoms with Crippen LogP contribution in [0.25, 0.3) is 0 Å². The lowest BCUT2D eigenvalue weighted by atomic mass is 9.93. The van der Waals surface area contributed by atoms with Crippen LogP contribution >= 0.6 is 12.4 Å². The number of nitrogens with zero attached hydrogens (tertiary/aromatic N) is 1. The molecule has 2 atom stereocenters. The Hall–Kier alpha value is -1.02. The number of ether oxygens (including phenoxy) is 2. The van der Waals surface area contributed by atoms with E-state index in [9.17, 15) is 8.42 Å². The lowest BCUT2D eigenvalue weighted by Gasteiger charge is -2.34. The third-order valence-corrected chi connectivity index (χ3v) is 6.04. The summed E-state index contributed by atoms with van der Waals surface area (Å²) in [5.41, 5.74) is 5.95. The lowest BCUT2D eigenvalue weighted by Crippen LogP contribution is -2.45. The number of piperidine rings is 1. The average molecular weight is 365 g/mol. The molecular weight excluding hydrogens is 340 g/mol. The fourth-order valence-electron chi connectivity index (χ4n) is 2.75. The van der Waals surface area contributed by atoms with Crippen molar-refractivity contribution >= 4 is 22.4 Å². The monoisotopic (exact) mass is 364 g/mol. The van der Waals surface area contributed by atoms with Crippen LogP contribution in [0.3, 0.4) is 0 Å². The predicted molar refractivity (Wildman–Crippen MR) is 91.9 cm³/mol. The summed E-state index contributed by atoms with van der Waals surface area (Å²) in [5, 5.41) is 0. The first-order valence-electron chi connectivity index (χ1n) is 7.38. The SMILES string of the molecule is COc1ccc(OC)c(S(=O)(=O)N2CCCC(C(C)N)C2)c1.Cl. The van der Waals surface area contributed by atoms with Gasteiger partial charge in [0.1, 0.15) is 16.4 Å². The Morgan fingerprint density at radius 2 is 2.00 bits per heavy atom. The van der Waals surface area contributed by atoms with Crippen molar-refractivity contribution in [1.29, 1.82) is 0 Å². The number of halogens is 1. The van der Waals surface area contributed by atoms with Gasteiger partial charge in [0.15, 0.2) is 0 Å². The van der Waals surface area contributed by atoms with E-state index in [1.165, 1.54) is 24.6 Å². The first-order valence-corrected chi connectivity index (χ1v) is 8.82. The molecule has 2 unspecified atom stereocenters. The maximum atomic E-state index is 13.0. The minimum absolute atomic E-state index is 0. The Morgan fingerprint density at radius 1 is 1.30 bits per heavy atom. The maximum Gasteiger partial charge on any atom is 0.246 e. The van der Waals surface area contributed by atoms with Gasteiger partial charge >= 0.3 is 0 Å². The Kier molecular flexibility index (Phi) is 7.13. The van der Waals surface area contributed by atoms with Crippen LogP contribution in [-0.4, -0.2) is 46.1 Å². The Bertz CT molecular complexity index is 622. The molecule has 0 aliphatic carbocycles. The van der Waals surface area contributed by atoms with Crippen molar-refractivity contribution in [2.75, 3.05) is 27.3 Å². The standard InChI is InChI=1S/C15H24N2O4S.ClH/c1-11(16)12-5-4-8-17(10-12)22(18,19)15-9-13(20-2)6-7-14(15)21-3;/h6-7,9,11-12H,4-5,8,10,16H2,1-3H3;1H. The molecule has 132 valence electrons. The van der Waals surface area contributed by atoms with Crippen molar-refractivity contribution in [3.05, 3.63) is 18.2 Å². The number of nitrogens with two attached hydrogens (primary N) is 1. The van der Waals surface area contributed by atoms with Gasteiger partial charge < -0.3 is 15.2 Å². The Morgan fingerprint density at radius 3 is 2.57 bits per heavy atom. The van der Waals surface area contributed by atoms with Crippen molar-refractivity contribution in [1.82, 2.24) is 4.31 Å². The summed E-state index contributed by atoms with van der Waals surface area (Å²) in [6.07, 6.45) is 1.77. The van der Waals surface area contributed by atoms with Crippen LogP contribution in [0.5, 0.6) is 11.5 Å². The second kappa shape index (κ2) is 8.19. The van der Waals surface area contributed by atoms with Gasteiger partial charge in [0.25, 0.3) is 0 Å². The van der Waals surface area contributed by atoms with E-state index in [0.717, 1.165) is 12.8 Å². The van der Waals surface area contributed by atoms with Gasteiger partial charge in [-0.15, -0.1) is 12.4 Å². The van der Waals surface area contributed by atoms with E-state index < -0.39 is 10.0 Å². The van der Waals surface area contributed by atoms with Crippen LogP contribution in [0.1, 0.15) is 19.8 Å². The first-order chi connectivity index (χ1) is 10.4. The topological polar surface area (TPSA) is 81.9 Å². The molecule has 0 bridgehead atoms. The molecule has 8 heteroatoms. The fourth-order valence-corrected chi connectivity index (χ4v) is 4.45. The minimum Gasteiger partial charge on any atom is -0.497 e. The Labute approximate surface area is 144 Å². The molecule has 0 amide bonds. The summed E-state index contributed by atoms with van der Waals surface area (Å²) in [4.78, 5) is 0.139.